The first-order valence-corrected chi connectivity index (χ1v) is 14.7. The topological polar surface area (TPSA) is 111 Å². The number of rotatable bonds is 10. The van der Waals surface area contributed by atoms with E-state index in [-0.39, 0.29) is 24.0 Å². The Balaban J connectivity index is 1.25. The summed E-state index contributed by atoms with van der Waals surface area (Å²) in [5.74, 6) is -0.00617. The summed E-state index contributed by atoms with van der Waals surface area (Å²) < 4.78 is 0. The number of amides is 1. The van der Waals surface area contributed by atoms with Crippen molar-refractivity contribution >= 4 is 33.4 Å². The summed E-state index contributed by atoms with van der Waals surface area (Å²) in [5.41, 5.74) is 14.5. The van der Waals surface area contributed by atoms with Gasteiger partial charge in [-0.15, -0.1) is 0 Å². The second-order valence-corrected chi connectivity index (χ2v) is 11.4. The molecule has 1 amide bonds. The Morgan fingerprint density at radius 3 is 2.20 bits per heavy atom. The van der Waals surface area contributed by atoms with Crippen LogP contribution < -0.4 is 16.8 Å². The molecule has 1 fully saturated rings. The predicted molar refractivity (Wildman–Crippen MR) is 169 cm³/mol. The molecule has 1 heterocycles. The minimum absolute atomic E-state index is 0.0173. The lowest BCUT2D eigenvalue weighted by Crippen LogP contribution is -2.62. The number of guanidine groups is 1. The van der Waals surface area contributed by atoms with Crippen molar-refractivity contribution < 1.29 is 4.79 Å². The third kappa shape index (κ3) is 7.23. The van der Waals surface area contributed by atoms with E-state index in [1.54, 1.807) is 0 Å². The molecule has 1 saturated heterocycles. The summed E-state index contributed by atoms with van der Waals surface area (Å²) in [4.78, 5) is 18.3. The van der Waals surface area contributed by atoms with Gasteiger partial charge in [-0.1, -0.05) is 84.9 Å². The number of hydrogen-bond acceptors (Lipinski definition) is 4. The molecule has 5 rings (SSSR count). The summed E-state index contributed by atoms with van der Waals surface area (Å²) >= 11 is 0. The van der Waals surface area contributed by atoms with Crippen LogP contribution in [0.5, 0.6) is 0 Å². The van der Waals surface area contributed by atoms with Gasteiger partial charge in [-0.25, -0.2) is 0 Å². The van der Waals surface area contributed by atoms with Crippen LogP contribution in [0.15, 0.2) is 84.9 Å². The Labute approximate surface area is 243 Å². The van der Waals surface area contributed by atoms with Crippen LogP contribution >= 0.6 is 0 Å². The lowest BCUT2D eigenvalue weighted by Gasteiger charge is -2.46. The summed E-state index contributed by atoms with van der Waals surface area (Å²) in [6, 6.07) is 29.5. The lowest BCUT2D eigenvalue weighted by molar-refractivity contribution is -0.139. The van der Waals surface area contributed by atoms with Crippen LogP contribution in [0.1, 0.15) is 30.9 Å². The van der Waals surface area contributed by atoms with Gasteiger partial charge in [0.15, 0.2) is 5.96 Å². The van der Waals surface area contributed by atoms with Gasteiger partial charge in [0.25, 0.3) is 0 Å². The zero-order valence-corrected chi connectivity index (χ0v) is 23.9. The quantitative estimate of drug-likeness (QED) is 0.134. The second kappa shape index (κ2) is 13.1. The molecule has 1 aliphatic heterocycles. The number of fused-ring (bicyclic) bond motifs is 2. The number of nitrogens with zero attached hydrogens (tertiary/aromatic N) is 2. The molecule has 0 aromatic heterocycles. The Hall–Kier alpha value is -3.94. The molecule has 41 heavy (non-hydrogen) atoms. The molecule has 7 heteroatoms. The second-order valence-electron chi connectivity index (χ2n) is 11.4. The molecular formula is C34H42N6O. The number of carbonyl (C=O) groups excluding carboxylic acids is 1. The van der Waals surface area contributed by atoms with E-state index >= 15 is 0 Å². The van der Waals surface area contributed by atoms with Crippen LogP contribution in [0.25, 0.3) is 21.5 Å². The van der Waals surface area contributed by atoms with E-state index in [0.717, 1.165) is 43.3 Å². The molecule has 0 bridgehead atoms. The van der Waals surface area contributed by atoms with Crippen molar-refractivity contribution in [3.05, 3.63) is 96.1 Å². The van der Waals surface area contributed by atoms with Crippen molar-refractivity contribution in [2.24, 2.45) is 11.5 Å². The van der Waals surface area contributed by atoms with E-state index in [1.807, 2.05) is 17.0 Å². The molecule has 3 atom stereocenters. The van der Waals surface area contributed by atoms with Crippen LogP contribution in [0, 0.1) is 5.41 Å². The van der Waals surface area contributed by atoms with Gasteiger partial charge in [0.05, 0.1) is 6.04 Å². The smallest absolute Gasteiger partial charge is 0.240 e. The van der Waals surface area contributed by atoms with Crippen molar-refractivity contribution in [1.29, 1.82) is 5.41 Å². The minimum Gasteiger partial charge on any atom is -0.370 e. The molecule has 6 N–H and O–H groups in total. The van der Waals surface area contributed by atoms with Gasteiger partial charge < -0.3 is 21.7 Å². The Morgan fingerprint density at radius 2 is 1.54 bits per heavy atom. The van der Waals surface area contributed by atoms with Gasteiger partial charge in [0.1, 0.15) is 0 Å². The van der Waals surface area contributed by atoms with E-state index in [9.17, 15) is 4.79 Å². The Bertz CT molecular complexity index is 1500. The van der Waals surface area contributed by atoms with Crippen LogP contribution in [-0.2, 0) is 17.6 Å². The number of nitrogens with one attached hydrogen (secondary N) is 2. The number of benzene rings is 4. The molecule has 4 aromatic carbocycles. The highest BCUT2D eigenvalue weighted by atomic mass is 16.2. The Morgan fingerprint density at radius 1 is 0.927 bits per heavy atom. The monoisotopic (exact) mass is 550 g/mol. The van der Waals surface area contributed by atoms with Crippen LogP contribution in [-0.4, -0.2) is 66.0 Å². The fourth-order valence-corrected chi connectivity index (χ4v) is 6.07. The maximum Gasteiger partial charge on any atom is 0.240 e. The normalized spacial score (nSPS) is 18.4. The highest BCUT2D eigenvalue weighted by Crippen LogP contribution is 2.23. The molecule has 4 aromatic rings. The molecule has 0 saturated carbocycles. The zero-order chi connectivity index (χ0) is 28.8. The maximum atomic E-state index is 13.8. The molecule has 1 aliphatic rings. The maximum absolute atomic E-state index is 13.8. The first kappa shape index (κ1) is 28.6. The lowest BCUT2D eigenvalue weighted by atomic mass is 9.97. The molecular weight excluding hydrogens is 508 g/mol. The van der Waals surface area contributed by atoms with Crippen molar-refractivity contribution in [3.63, 3.8) is 0 Å². The molecule has 0 aliphatic carbocycles. The van der Waals surface area contributed by atoms with E-state index < -0.39 is 6.04 Å². The largest absolute Gasteiger partial charge is 0.370 e. The molecule has 214 valence electrons. The van der Waals surface area contributed by atoms with E-state index in [2.05, 4.69) is 89.9 Å². The SMILES string of the molecule is C[C@@H]1CN(C(=O)[C@H](N)Cc2ccc3ccccc3c2)[C@@H](CCCNC(=N)N)CN1CCc1ccc2ccccc2c1. The van der Waals surface area contributed by atoms with Crippen molar-refractivity contribution in [2.45, 2.75) is 50.7 Å². The first-order chi connectivity index (χ1) is 19.9. The van der Waals surface area contributed by atoms with Gasteiger partial charge in [-0.3, -0.25) is 15.1 Å². The average molecular weight is 551 g/mol. The zero-order valence-electron chi connectivity index (χ0n) is 23.9. The predicted octanol–water partition coefficient (Wildman–Crippen LogP) is 4.27. The minimum atomic E-state index is -0.592. The van der Waals surface area contributed by atoms with Gasteiger partial charge in [0.2, 0.25) is 5.91 Å². The van der Waals surface area contributed by atoms with Gasteiger partial charge >= 0.3 is 0 Å². The van der Waals surface area contributed by atoms with Gasteiger partial charge in [0, 0.05) is 38.3 Å². The molecule has 7 nitrogen and oxygen atoms in total. The standard InChI is InChI=1S/C34H42N6O/c1-24-22-40(33(41)32(35)21-26-13-15-28-8-3-5-10-30(28)20-26)31(11-6-17-38-34(36)37)23-39(24)18-16-25-12-14-27-7-2-4-9-29(27)19-25/h2-5,7-10,12-15,19-20,24,31-32H,6,11,16-18,21-23,35H2,1H3,(H4,36,37,38)/t24-,31+,32-/m1/s1. The summed E-state index contributed by atoms with van der Waals surface area (Å²) in [6.07, 6.45) is 3.12. The average Bonchev–Trinajstić information content (AvgIpc) is 2.98. The highest BCUT2D eigenvalue weighted by Gasteiger charge is 2.35. The first-order valence-electron chi connectivity index (χ1n) is 14.7. The fraction of sp³-hybridized carbons (Fsp3) is 0.353. The molecule has 0 radical (unpaired) electrons. The summed E-state index contributed by atoms with van der Waals surface area (Å²) in [7, 11) is 0. The van der Waals surface area contributed by atoms with E-state index in [4.69, 9.17) is 16.9 Å². The third-order valence-electron chi connectivity index (χ3n) is 8.37. The summed E-state index contributed by atoms with van der Waals surface area (Å²) in [5, 5.41) is 15.2. The van der Waals surface area contributed by atoms with Crippen molar-refractivity contribution in [3.8, 4) is 0 Å². The number of nitrogens with two attached hydrogens (primary N) is 2. The Kier molecular flexibility index (Phi) is 9.17. The number of hydrogen-bond donors (Lipinski definition) is 4. The van der Waals surface area contributed by atoms with Gasteiger partial charge in [-0.05, 0) is 65.3 Å². The highest BCUT2D eigenvalue weighted by molar-refractivity contribution is 5.85. The third-order valence-corrected chi connectivity index (χ3v) is 8.37. The van der Waals surface area contributed by atoms with Crippen LogP contribution in [0.3, 0.4) is 0 Å². The van der Waals surface area contributed by atoms with Crippen molar-refractivity contribution in [2.75, 3.05) is 26.2 Å². The number of piperazine rings is 1. The molecule has 0 unspecified atom stereocenters. The molecule has 0 spiro atoms. The van der Waals surface area contributed by atoms with E-state index in [0.29, 0.717) is 19.5 Å². The van der Waals surface area contributed by atoms with Crippen molar-refractivity contribution in [1.82, 2.24) is 15.1 Å². The van der Waals surface area contributed by atoms with Crippen LogP contribution in [0.2, 0.25) is 0 Å². The fourth-order valence-electron chi connectivity index (χ4n) is 6.07. The number of carbonyl (C=O) groups is 1. The van der Waals surface area contributed by atoms with Gasteiger partial charge in [-0.2, -0.15) is 0 Å². The van der Waals surface area contributed by atoms with E-state index in [1.165, 1.54) is 21.7 Å². The van der Waals surface area contributed by atoms with Crippen LogP contribution in [0.4, 0.5) is 0 Å². The summed E-state index contributed by atoms with van der Waals surface area (Å²) in [6.45, 7) is 5.23.